The van der Waals surface area contributed by atoms with Crippen LogP contribution in [0.2, 0.25) is 8.67 Å². The number of rotatable bonds is 5. The Morgan fingerprint density at radius 1 is 1.22 bits per heavy atom. The van der Waals surface area contributed by atoms with Gasteiger partial charge in [-0.15, -0.1) is 23.7 Å². The van der Waals surface area contributed by atoms with E-state index < -0.39 is 5.97 Å². The summed E-state index contributed by atoms with van der Waals surface area (Å²) in [6, 6.07) is 6.93. The molecule has 4 nitrogen and oxygen atoms in total. The Bertz CT molecular complexity index is 689. The van der Waals surface area contributed by atoms with Crippen LogP contribution in [0.1, 0.15) is 10.4 Å². The third-order valence-corrected chi connectivity index (χ3v) is 4.27. The molecule has 0 fully saturated rings. The van der Waals surface area contributed by atoms with Crippen molar-refractivity contribution >= 4 is 52.9 Å². The van der Waals surface area contributed by atoms with Gasteiger partial charge < -0.3 is 9.47 Å². The smallest absolute Gasteiger partial charge is 0.338 e. The van der Waals surface area contributed by atoms with Gasteiger partial charge in [-0.3, -0.25) is 4.90 Å². The number of thiophene rings is 1. The van der Waals surface area contributed by atoms with E-state index in [9.17, 15) is 4.79 Å². The lowest BCUT2D eigenvalue weighted by atomic mass is 10.1. The number of ether oxygens (including phenoxy) is 2. The molecule has 8 heteroatoms. The Labute approximate surface area is 155 Å². The van der Waals surface area contributed by atoms with E-state index in [1.54, 1.807) is 18.2 Å². The highest BCUT2D eigenvalue weighted by atomic mass is 35.5. The molecule has 0 aliphatic heterocycles. The number of methoxy groups -OCH3 is 1. The van der Waals surface area contributed by atoms with Crippen LogP contribution in [0.15, 0.2) is 24.3 Å². The molecule has 0 aliphatic rings. The SMILES string of the molecule is COC(=O)c1cc(OCN(C)C)cc(-c2cc(Cl)sc2Cl)c1.Cl. The van der Waals surface area contributed by atoms with Crippen LogP contribution in [0.3, 0.4) is 0 Å². The van der Waals surface area contributed by atoms with Gasteiger partial charge in [0, 0.05) is 5.56 Å². The zero-order valence-corrected chi connectivity index (χ0v) is 15.9. The number of hydrogen-bond donors (Lipinski definition) is 0. The quantitative estimate of drug-likeness (QED) is 0.536. The monoisotopic (exact) mass is 395 g/mol. The van der Waals surface area contributed by atoms with Crippen molar-refractivity contribution in [3.8, 4) is 16.9 Å². The van der Waals surface area contributed by atoms with Crippen LogP contribution >= 0.6 is 46.9 Å². The molecule has 126 valence electrons. The summed E-state index contributed by atoms with van der Waals surface area (Å²) in [5.41, 5.74) is 1.91. The highest BCUT2D eigenvalue weighted by Gasteiger charge is 2.14. The molecule has 0 saturated carbocycles. The Kier molecular flexibility index (Phi) is 7.64. The Morgan fingerprint density at radius 3 is 2.43 bits per heavy atom. The molecule has 0 bridgehead atoms. The van der Waals surface area contributed by atoms with E-state index in [0.29, 0.717) is 26.7 Å². The fourth-order valence-electron chi connectivity index (χ4n) is 1.81. The fourth-order valence-corrected chi connectivity index (χ4v) is 3.32. The van der Waals surface area contributed by atoms with Gasteiger partial charge in [0.05, 0.1) is 17.0 Å². The lowest BCUT2D eigenvalue weighted by Crippen LogP contribution is -2.18. The van der Waals surface area contributed by atoms with E-state index in [1.165, 1.54) is 18.4 Å². The van der Waals surface area contributed by atoms with Gasteiger partial charge in [-0.25, -0.2) is 4.79 Å². The van der Waals surface area contributed by atoms with Crippen LogP contribution in [0.5, 0.6) is 5.75 Å². The second-order valence-corrected chi connectivity index (χ2v) is 7.11. The molecule has 1 aromatic heterocycles. The molecule has 0 N–H and O–H groups in total. The summed E-state index contributed by atoms with van der Waals surface area (Å²) < 4.78 is 11.6. The number of hydrogen-bond acceptors (Lipinski definition) is 5. The Morgan fingerprint density at radius 2 is 1.91 bits per heavy atom. The first-order chi connectivity index (χ1) is 10.4. The van der Waals surface area contributed by atoms with E-state index in [1.807, 2.05) is 25.1 Å². The summed E-state index contributed by atoms with van der Waals surface area (Å²) in [6.45, 7) is 0.391. The molecule has 0 aliphatic carbocycles. The molecule has 0 radical (unpaired) electrons. The van der Waals surface area contributed by atoms with Crippen LogP contribution in [0.4, 0.5) is 0 Å². The van der Waals surface area contributed by atoms with Gasteiger partial charge in [0.1, 0.15) is 16.8 Å². The van der Waals surface area contributed by atoms with Crippen molar-refractivity contribution in [1.82, 2.24) is 4.90 Å². The van der Waals surface area contributed by atoms with E-state index in [4.69, 9.17) is 32.7 Å². The van der Waals surface area contributed by atoms with Gasteiger partial charge in [-0.05, 0) is 43.9 Å². The molecule has 2 aromatic rings. The maximum Gasteiger partial charge on any atom is 0.338 e. The maximum absolute atomic E-state index is 11.8. The minimum atomic E-state index is -0.436. The molecule has 23 heavy (non-hydrogen) atoms. The Balaban J connectivity index is 0.00000264. The van der Waals surface area contributed by atoms with Gasteiger partial charge in [0.15, 0.2) is 0 Å². The van der Waals surface area contributed by atoms with Crippen molar-refractivity contribution in [2.75, 3.05) is 27.9 Å². The number of halogens is 3. The molecule has 0 amide bonds. The van der Waals surface area contributed by atoms with Crippen molar-refractivity contribution in [2.24, 2.45) is 0 Å². The van der Waals surface area contributed by atoms with E-state index in [-0.39, 0.29) is 12.4 Å². The lowest BCUT2D eigenvalue weighted by molar-refractivity contribution is 0.0600. The topological polar surface area (TPSA) is 38.8 Å². The minimum Gasteiger partial charge on any atom is -0.478 e. The van der Waals surface area contributed by atoms with Crippen molar-refractivity contribution in [1.29, 1.82) is 0 Å². The average Bonchev–Trinajstić information content (AvgIpc) is 2.82. The fraction of sp³-hybridized carbons (Fsp3) is 0.267. The number of carbonyl (C=O) groups is 1. The molecule has 0 saturated heterocycles. The van der Waals surface area contributed by atoms with Crippen LogP contribution < -0.4 is 4.74 Å². The summed E-state index contributed by atoms with van der Waals surface area (Å²) in [4.78, 5) is 13.7. The molecular weight excluding hydrogens is 381 g/mol. The average molecular weight is 397 g/mol. The number of esters is 1. The molecule has 1 aromatic carbocycles. The van der Waals surface area contributed by atoms with Crippen molar-refractivity contribution < 1.29 is 14.3 Å². The van der Waals surface area contributed by atoms with Crippen LogP contribution in [0.25, 0.3) is 11.1 Å². The highest BCUT2D eigenvalue weighted by Crippen LogP contribution is 2.39. The molecule has 2 rings (SSSR count). The second kappa shape index (κ2) is 8.76. The summed E-state index contributed by atoms with van der Waals surface area (Å²) in [7, 11) is 5.12. The molecule has 0 unspecified atom stereocenters. The summed E-state index contributed by atoms with van der Waals surface area (Å²) in [6.07, 6.45) is 0. The van der Waals surface area contributed by atoms with Crippen molar-refractivity contribution in [3.05, 3.63) is 38.5 Å². The van der Waals surface area contributed by atoms with Gasteiger partial charge in [-0.2, -0.15) is 0 Å². The Hall–Kier alpha value is -0.980. The summed E-state index contributed by atoms with van der Waals surface area (Å²) >= 11 is 13.5. The van der Waals surface area contributed by atoms with Crippen molar-refractivity contribution in [2.45, 2.75) is 0 Å². The second-order valence-electron chi connectivity index (χ2n) is 4.83. The van der Waals surface area contributed by atoms with Crippen molar-refractivity contribution in [3.63, 3.8) is 0 Å². The van der Waals surface area contributed by atoms with Crippen LogP contribution in [-0.4, -0.2) is 38.8 Å². The zero-order valence-electron chi connectivity index (χ0n) is 12.8. The van der Waals surface area contributed by atoms with Gasteiger partial charge >= 0.3 is 5.97 Å². The third-order valence-electron chi connectivity index (χ3n) is 2.78. The molecular formula is C15H16Cl3NO3S. The van der Waals surface area contributed by atoms with Gasteiger partial charge in [0.25, 0.3) is 0 Å². The van der Waals surface area contributed by atoms with E-state index >= 15 is 0 Å². The normalized spacial score (nSPS) is 10.3. The number of carbonyl (C=O) groups excluding carboxylic acids is 1. The zero-order chi connectivity index (χ0) is 16.3. The minimum absolute atomic E-state index is 0. The van der Waals surface area contributed by atoms with Crippen LogP contribution in [0, 0.1) is 0 Å². The summed E-state index contributed by atoms with van der Waals surface area (Å²) in [5, 5.41) is 0. The molecule has 0 atom stereocenters. The number of benzene rings is 1. The van der Waals surface area contributed by atoms with E-state index in [0.717, 1.165) is 11.1 Å². The molecule has 0 spiro atoms. The lowest BCUT2D eigenvalue weighted by Gasteiger charge is -2.14. The third kappa shape index (κ3) is 5.26. The first-order valence-corrected chi connectivity index (χ1v) is 7.94. The number of nitrogens with zero attached hydrogens (tertiary/aromatic N) is 1. The van der Waals surface area contributed by atoms with Crippen LogP contribution in [-0.2, 0) is 4.74 Å². The predicted octanol–water partition coefficient (Wildman–Crippen LogP) is 4.83. The predicted molar refractivity (Wildman–Crippen MR) is 97.5 cm³/mol. The standard InChI is InChI=1S/C15H15Cl2NO3S.ClH/c1-18(2)8-21-11-5-9(4-10(6-11)15(19)20-3)12-7-13(16)22-14(12)17;/h4-7H,8H2,1-3H3;1H. The molecule has 1 heterocycles. The highest BCUT2D eigenvalue weighted by molar-refractivity contribution is 7.20. The maximum atomic E-state index is 11.8. The van der Waals surface area contributed by atoms with E-state index in [2.05, 4.69) is 0 Å². The van der Waals surface area contributed by atoms with Gasteiger partial charge in [-0.1, -0.05) is 23.2 Å². The first-order valence-electron chi connectivity index (χ1n) is 6.37. The largest absolute Gasteiger partial charge is 0.478 e. The summed E-state index contributed by atoms with van der Waals surface area (Å²) in [5.74, 6) is 0.124. The van der Waals surface area contributed by atoms with Gasteiger partial charge in [0.2, 0.25) is 0 Å². The first kappa shape index (κ1) is 20.1.